The van der Waals surface area contributed by atoms with Crippen LogP contribution < -0.4 is 15.6 Å². The summed E-state index contributed by atoms with van der Waals surface area (Å²) >= 11 is 0. The molecule has 1 aliphatic carbocycles. The lowest BCUT2D eigenvalue weighted by Gasteiger charge is -2.19. The van der Waals surface area contributed by atoms with Crippen LogP contribution in [-0.4, -0.2) is 55.8 Å². The summed E-state index contributed by atoms with van der Waals surface area (Å²) < 4.78 is 31.3. The van der Waals surface area contributed by atoms with Gasteiger partial charge in [0.2, 0.25) is 5.88 Å². The first-order valence-corrected chi connectivity index (χ1v) is 14.9. The van der Waals surface area contributed by atoms with E-state index in [4.69, 9.17) is 14.7 Å². The van der Waals surface area contributed by atoms with Crippen LogP contribution in [0.4, 0.5) is 5.82 Å². The summed E-state index contributed by atoms with van der Waals surface area (Å²) in [5.74, 6) is 1.22. The molecular weight excluding hydrogens is 532 g/mol. The first-order valence-electron chi connectivity index (χ1n) is 13.3. The zero-order chi connectivity index (χ0) is 28.6. The van der Waals surface area contributed by atoms with Crippen LogP contribution in [0.3, 0.4) is 0 Å². The van der Waals surface area contributed by atoms with Crippen molar-refractivity contribution < 1.29 is 13.2 Å². The third kappa shape index (κ3) is 5.12. The third-order valence-corrected chi connectivity index (χ3v) is 8.76. The first-order chi connectivity index (χ1) is 19.2. The second-order valence-corrected chi connectivity index (χ2v) is 12.1. The molecule has 0 aromatic carbocycles. The van der Waals surface area contributed by atoms with Gasteiger partial charge in [-0.15, -0.1) is 0 Å². The lowest BCUT2D eigenvalue weighted by Crippen LogP contribution is -2.29. The van der Waals surface area contributed by atoms with Gasteiger partial charge in [0.1, 0.15) is 17.4 Å². The second kappa shape index (κ2) is 10.9. The van der Waals surface area contributed by atoms with E-state index in [1.165, 1.54) is 18.6 Å². The summed E-state index contributed by atoms with van der Waals surface area (Å²) in [6, 6.07) is 2.97. The van der Waals surface area contributed by atoms with Crippen molar-refractivity contribution in [1.29, 1.82) is 0 Å². The van der Waals surface area contributed by atoms with Crippen molar-refractivity contribution in [2.45, 2.75) is 70.5 Å². The highest BCUT2D eigenvalue weighted by Crippen LogP contribution is 2.45. The molecule has 40 heavy (non-hydrogen) atoms. The number of anilines is 1. The van der Waals surface area contributed by atoms with Crippen molar-refractivity contribution in [1.82, 2.24) is 34.5 Å². The molecule has 4 heterocycles. The number of aryl methyl sites for hydroxylation is 1. The molecule has 0 amide bonds. The largest absolute Gasteiger partial charge is 0.480 e. The fraction of sp³-hybridized carbons (Fsp3) is 0.444. The van der Waals surface area contributed by atoms with E-state index in [0.29, 0.717) is 52.0 Å². The molecular formula is C27H32N8O4S. The van der Waals surface area contributed by atoms with Gasteiger partial charge in [-0.05, 0) is 44.7 Å². The number of nitrogens with one attached hydrogen (secondary N) is 1. The van der Waals surface area contributed by atoms with Gasteiger partial charge in [-0.25, -0.2) is 38.3 Å². The van der Waals surface area contributed by atoms with Gasteiger partial charge in [-0.1, -0.05) is 19.9 Å². The highest BCUT2D eigenvalue weighted by molar-refractivity contribution is 7.91. The van der Waals surface area contributed by atoms with Crippen molar-refractivity contribution in [2.24, 2.45) is 0 Å². The molecule has 4 aromatic rings. The number of methoxy groups -OCH3 is 1. The number of rotatable bonds is 10. The monoisotopic (exact) mass is 564 g/mol. The Balaban J connectivity index is 1.58. The minimum atomic E-state index is -3.40. The summed E-state index contributed by atoms with van der Waals surface area (Å²) in [6.45, 7) is 7.60. The molecule has 1 saturated carbocycles. The van der Waals surface area contributed by atoms with Crippen LogP contribution in [0.1, 0.15) is 68.9 Å². The van der Waals surface area contributed by atoms with Gasteiger partial charge < -0.3 is 10.1 Å². The molecule has 1 N–H and O–H groups in total. The third-order valence-electron chi connectivity index (χ3n) is 7.12. The Morgan fingerprint density at radius 2 is 1.90 bits per heavy atom. The van der Waals surface area contributed by atoms with Gasteiger partial charge in [0.15, 0.2) is 32.2 Å². The Labute approximate surface area is 232 Å². The average molecular weight is 565 g/mol. The molecule has 0 spiro atoms. The minimum absolute atomic E-state index is 0.0237. The number of pyridine rings is 1. The molecule has 1 aliphatic rings. The molecule has 5 rings (SSSR count). The van der Waals surface area contributed by atoms with Gasteiger partial charge in [-0.3, -0.25) is 9.36 Å². The van der Waals surface area contributed by atoms with Gasteiger partial charge in [0.05, 0.1) is 24.3 Å². The van der Waals surface area contributed by atoms with Crippen molar-refractivity contribution in [2.75, 3.05) is 18.2 Å². The fourth-order valence-electron chi connectivity index (χ4n) is 4.49. The normalized spacial score (nSPS) is 14.3. The van der Waals surface area contributed by atoms with E-state index in [-0.39, 0.29) is 34.7 Å². The quantitative estimate of drug-likeness (QED) is 0.300. The Kier molecular flexibility index (Phi) is 7.49. The number of nitrogens with zero attached hydrogens (tertiary/aromatic N) is 7. The maximum absolute atomic E-state index is 13.7. The van der Waals surface area contributed by atoms with Crippen LogP contribution in [0, 0.1) is 6.92 Å². The number of hydrogen-bond acceptors (Lipinski definition) is 11. The van der Waals surface area contributed by atoms with Crippen LogP contribution in [0.25, 0.3) is 22.6 Å². The molecule has 0 aliphatic heterocycles. The van der Waals surface area contributed by atoms with Crippen molar-refractivity contribution in [3.63, 3.8) is 0 Å². The summed E-state index contributed by atoms with van der Waals surface area (Å²) in [5, 5.41) is 3.13. The fourth-order valence-corrected chi connectivity index (χ4v) is 5.27. The van der Waals surface area contributed by atoms with E-state index >= 15 is 0 Å². The van der Waals surface area contributed by atoms with Crippen molar-refractivity contribution >= 4 is 26.8 Å². The Morgan fingerprint density at radius 3 is 2.52 bits per heavy atom. The molecule has 0 saturated heterocycles. The molecule has 0 radical (unpaired) electrons. The van der Waals surface area contributed by atoms with Crippen LogP contribution in [0.15, 0.2) is 34.5 Å². The van der Waals surface area contributed by atoms with Crippen LogP contribution >= 0.6 is 0 Å². The number of aromatic nitrogens is 7. The van der Waals surface area contributed by atoms with Crippen molar-refractivity contribution in [3.8, 4) is 17.3 Å². The van der Waals surface area contributed by atoms with E-state index in [1.54, 1.807) is 24.7 Å². The summed E-state index contributed by atoms with van der Waals surface area (Å²) in [4.78, 5) is 40.9. The average Bonchev–Trinajstić information content (AvgIpc) is 3.81. The lowest BCUT2D eigenvalue weighted by molar-refractivity contribution is 0.397. The summed E-state index contributed by atoms with van der Waals surface area (Å²) in [6.07, 6.45) is 5.72. The van der Waals surface area contributed by atoms with E-state index in [1.807, 2.05) is 20.8 Å². The first kappa shape index (κ1) is 27.6. The second-order valence-electron chi connectivity index (χ2n) is 9.88. The van der Waals surface area contributed by atoms with E-state index in [9.17, 15) is 13.2 Å². The zero-order valence-electron chi connectivity index (χ0n) is 23.2. The van der Waals surface area contributed by atoms with Gasteiger partial charge in [-0.2, -0.15) is 0 Å². The number of fused-ring (bicyclic) bond motifs is 1. The standard InChI is InChI=1S/C27H32N8O4S/c1-6-15(3)35-25-21(16(4)32-23(34-25)20-22(18-9-10-18)30-14-31-26(20)39-5)33-24(27(35)36)29-13-17-8-11-19(28-12-17)40(37,38)7-2/h8,11-12,14-15,18H,6-7,9-10,13H2,1-5H3,(H,29,33)/t15-/m0/s1. The van der Waals surface area contributed by atoms with E-state index in [0.717, 1.165) is 18.5 Å². The van der Waals surface area contributed by atoms with Crippen LogP contribution in [0.5, 0.6) is 5.88 Å². The summed E-state index contributed by atoms with van der Waals surface area (Å²) in [7, 11) is -1.84. The van der Waals surface area contributed by atoms with Crippen LogP contribution in [-0.2, 0) is 16.4 Å². The highest BCUT2D eigenvalue weighted by atomic mass is 32.2. The van der Waals surface area contributed by atoms with E-state index < -0.39 is 9.84 Å². The van der Waals surface area contributed by atoms with Gasteiger partial charge in [0, 0.05) is 24.7 Å². The Bertz CT molecular complexity index is 1730. The Morgan fingerprint density at radius 1 is 1.12 bits per heavy atom. The number of ether oxygens (including phenoxy) is 1. The SMILES string of the molecule is CC[C@H](C)n1c(=O)c(NCc2ccc(S(=O)(=O)CC)nc2)nc2c(C)nc(-c3c(OC)ncnc3C3CC3)nc21. The topological polar surface area (TPSA) is 155 Å². The molecule has 13 heteroatoms. The molecule has 210 valence electrons. The van der Waals surface area contributed by atoms with Gasteiger partial charge >= 0.3 is 0 Å². The smallest absolute Gasteiger partial charge is 0.295 e. The maximum atomic E-state index is 13.7. The van der Waals surface area contributed by atoms with Crippen molar-refractivity contribution in [3.05, 3.63) is 52.0 Å². The minimum Gasteiger partial charge on any atom is -0.480 e. The molecule has 0 unspecified atom stereocenters. The predicted molar refractivity (Wildman–Crippen MR) is 150 cm³/mol. The molecule has 1 fully saturated rings. The lowest BCUT2D eigenvalue weighted by atomic mass is 10.1. The van der Waals surface area contributed by atoms with Gasteiger partial charge in [0.25, 0.3) is 5.56 Å². The summed E-state index contributed by atoms with van der Waals surface area (Å²) in [5.41, 5.74) is 3.41. The predicted octanol–water partition coefficient (Wildman–Crippen LogP) is 3.61. The number of hydrogen-bond donors (Lipinski definition) is 1. The molecule has 1 atom stereocenters. The maximum Gasteiger partial charge on any atom is 0.295 e. The Hall–Kier alpha value is -4.00. The van der Waals surface area contributed by atoms with E-state index in [2.05, 4.69) is 25.3 Å². The zero-order valence-corrected chi connectivity index (χ0v) is 24.0. The molecule has 12 nitrogen and oxygen atoms in total. The number of sulfone groups is 1. The molecule has 0 bridgehead atoms. The highest BCUT2D eigenvalue weighted by Gasteiger charge is 2.32. The molecule has 4 aromatic heterocycles. The van der Waals surface area contributed by atoms with Crippen LogP contribution in [0.2, 0.25) is 0 Å².